The van der Waals surface area contributed by atoms with Crippen LogP contribution in [0.1, 0.15) is 86.2 Å². The molecule has 27 nitrogen and oxygen atoms in total. The van der Waals surface area contributed by atoms with E-state index in [9.17, 15) is 24.6 Å². The molecule has 6 unspecified atom stereocenters. The number of methoxy groups -OCH3 is 2. The molecule has 28 heteroatoms. The van der Waals surface area contributed by atoms with Gasteiger partial charge < -0.3 is 52.9 Å². The first kappa shape index (κ1) is 51.6. The van der Waals surface area contributed by atoms with E-state index < -0.39 is 78.0 Å². The summed E-state index contributed by atoms with van der Waals surface area (Å²) in [4.78, 5) is 45.0. The molecule has 0 radical (unpaired) electrons. The molecule has 6 amide bonds. The number of carbonyl (C=O) groups is 3. The number of carbonyl (C=O) groups excluding carboxylic acids is 3. The fourth-order valence-corrected chi connectivity index (χ4v) is 10.9. The summed E-state index contributed by atoms with van der Waals surface area (Å²) in [6, 6.07) is 4.74. The van der Waals surface area contributed by atoms with Crippen LogP contribution in [0, 0.1) is 27.3 Å². The highest BCUT2D eigenvalue weighted by molar-refractivity contribution is 7.44. The number of amides is 6. The standard InChI is InChI=1S/C22H35N6O5P.C13H18N4O4.C12H16N4O4/c1-14(2)28(15(3)4)34(31-9-8-23-6)33-18-11-20(32-19(18)13-30-7)27-12-17-10-16(5)25-26-21(17)24-22(27)29;1-7-3-8-5-17(13(19)14-12(8)16-15-7)11-4-9(18)10(21-11)6-20-2;1-6-2-7-4-16(12(19)13-11(7)15-14-6)10-3-8(18)9(5-17)20-10/h10,14-15,18-20H,8-9,11-13H2,1-5,7H3,(H,24,26,29);3,9-11,18H,4-6H2,1-2H3,(H,14,16,19);2,8-10,17-18H,3-5H2,1H3,(H,13,15,19)/t18-,19-,20?,34?;9-,10-,11?;8-,9-,10?/m111/s1/i7TD;2TD;/t7?,18-,19-,20?,34?;2?,9-,10-,11?;. The zero-order valence-electron chi connectivity index (χ0n) is 46.8. The third kappa shape index (κ3) is 14.1. The molecule has 3 fully saturated rings. The first-order valence-electron chi connectivity index (χ1n) is 26.7. The number of nitrogens with one attached hydrogen (secondary N) is 3. The van der Waals surface area contributed by atoms with E-state index in [0.717, 1.165) is 33.8 Å². The molecule has 6 aliphatic rings. The predicted molar refractivity (Wildman–Crippen MR) is 268 cm³/mol. The van der Waals surface area contributed by atoms with Crippen LogP contribution in [0.25, 0.3) is 4.85 Å². The molecule has 9 heterocycles. The van der Waals surface area contributed by atoms with E-state index in [1.54, 1.807) is 4.90 Å². The number of rotatable bonds is 16. The van der Waals surface area contributed by atoms with Gasteiger partial charge in [-0.1, -0.05) is 0 Å². The summed E-state index contributed by atoms with van der Waals surface area (Å²) in [6.07, 6.45) is -4.91. The Hall–Kier alpha value is -5.47. The second kappa shape index (κ2) is 26.1. The van der Waals surface area contributed by atoms with Crippen molar-refractivity contribution >= 4 is 44.1 Å². The molecule has 12 atom stereocenters. The number of aliphatic hydroxyl groups is 3. The highest BCUT2D eigenvalue weighted by Gasteiger charge is 2.46. The Morgan fingerprint density at radius 2 is 1.15 bits per heavy atom. The van der Waals surface area contributed by atoms with E-state index in [1.165, 1.54) is 9.80 Å². The largest absolute Gasteiger partial charge is 0.394 e. The molecular formula is C47H69N14O13P. The van der Waals surface area contributed by atoms with Crippen LogP contribution in [0.3, 0.4) is 0 Å². The molecule has 75 heavy (non-hydrogen) atoms. The lowest BCUT2D eigenvalue weighted by atomic mass is 10.1. The molecule has 0 spiro atoms. The Kier molecular flexibility index (Phi) is 17.9. The lowest BCUT2D eigenvalue weighted by molar-refractivity contribution is -0.0719. The van der Waals surface area contributed by atoms with Crippen molar-refractivity contribution in [1.82, 2.24) is 50.0 Å². The van der Waals surface area contributed by atoms with Crippen LogP contribution in [0.2, 0.25) is 0 Å². The molecule has 410 valence electrons. The van der Waals surface area contributed by atoms with Crippen LogP contribution in [-0.4, -0.2) is 198 Å². The van der Waals surface area contributed by atoms with Gasteiger partial charge in [0.25, 0.3) is 8.53 Å². The fraction of sp³-hybridized carbons (Fsp3) is 0.660. The molecule has 0 aromatic carbocycles. The summed E-state index contributed by atoms with van der Waals surface area (Å²) in [6.45, 7) is 21.8. The molecule has 0 bridgehead atoms. The Labute approximate surface area is 442 Å². The van der Waals surface area contributed by atoms with Crippen molar-refractivity contribution in [1.29, 1.82) is 0 Å². The second-order valence-corrected chi connectivity index (χ2v) is 20.4. The SMILES string of the molecule is Cc1cc2c(nn1)NC(=O)N(C1C[C@@H](O)[C@@H](CO)O1)C2.[2H]C([3H])OC[C@H]1OC(N2Cc3cc(C)nnc3NC2=O)C[C@H]1O.[2H]C([3H])OC[C@H]1OC(N2Cc3cc(C)nnc3NC2=O)C[C@H]1OP(OCC[N+]#[C-])N(C(C)C)C(C)C. The van der Waals surface area contributed by atoms with Crippen LogP contribution in [-0.2, 0) is 52.4 Å². The Balaban J connectivity index is 0.000000181. The summed E-state index contributed by atoms with van der Waals surface area (Å²) in [5, 5.41) is 60.7. The summed E-state index contributed by atoms with van der Waals surface area (Å²) in [5.74, 6) is 1.32. The van der Waals surface area contributed by atoms with Gasteiger partial charge in [0.15, 0.2) is 17.5 Å². The zero-order chi connectivity index (χ0) is 57.2. The number of urea groups is 3. The van der Waals surface area contributed by atoms with E-state index in [2.05, 4.69) is 83.8 Å². The highest BCUT2D eigenvalue weighted by Crippen LogP contribution is 2.49. The van der Waals surface area contributed by atoms with Gasteiger partial charge in [0.2, 0.25) is 6.54 Å². The number of hydrogen-bond donors (Lipinski definition) is 6. The van der Waals surface area contributed by atoms with Gasteiger partial charge in [-0.05, 0) is 66.7 Å². The number of ether oxygens (including phenoxy) is 5. The fourth-order valence-electron chi connectivity index (χ4n) is 9.17. The Bertz CT molecular complexity index is 2610. The molecule has 0 saturated carbocycles. The van der Waals surface area contributed by atoms with Crippen molar-refractivity contribution < 1.29 is 67.9 Å². The van der Waals surface area contributed by atoms with E-state index >= 15 is 0 Å². The summed E-state index contributed by atoms with van der Waals surface area (Å²) in [7, 11) is -4.46. The van der Waals surface area contributed by atoms with E-state index in [4.69, 9.17) is 49.9 Å². The van der Waals surface area contributed by atoms with Gasteiger partial charge in [0.05, 0.1) is 80.3 Å². The average Bonchev–Trinajstić information content (AvgIpc) is 4.21. The summed E-state index contributed by atoms with van der Waals surface area (Å²) >= 11 is 0. The van der Waals surface area contributed by atoms with Crippen molar-refractivity contribution in [3.05, 3.63) is 63.4 Å². The van der Waals surface area contributed by atoms with Gasteiger partial charge in [0.1, 0.15) is 43.6 Å². The minimum Gasteiger partial charge on any atom is -0.394 e. The molecule has 9 rings (SSSR count). The van der Waals surface area contributed by atoms with Crippen LogP contribution >= 0.6 is 8.53 Å². The molecule has 3 aromatic rings. The van der Waals surface area contributed by atoms with E-state index in [1.807, 2.05) is 39.0 Å². The Morgan fingerprint density at radius 3 is 1.56 bits per heavy atom. The van der Waals surface area contributed by atoms with Crippen molar-refractivity contribution in [2.75, 3.05) is 63.0 Å². The molecular weight excluding hydrogens is 1000 g/mol. The van der Waals surface area contributed by atoms with E-state index in [0.29, 0.717) is 43.5 Å². The van der Waals surface area contributed by atoms with Gasteiger partial charge in [-0.3, -0.25) is 30.7 Å². The third-order valence-corrected chi connectivity index (χ3v) is 14.8. The quantitative estimate of drug-likeness (QED) is 0.0680. The van der Waals surface area contributed by atoms with Gasteiger partial charge in [0, 0.05) is 62.2 Å². The normalized spacial score (nSPS) is 27.9. The minimum atomic E-state index is -1.55. The molecule has 6 aliphatic heterocycles. The van der Waals surface area contributed by atoms with Crippen LogP contribution in [0.15, 0.2) is 18.2 Å². The topological polar surface area (TPSA) is 307 Å². The van der Waals surface area contributed by atoms with Crippen molar-refractivity contribution in [2.45, 2.75) is 155 Å². The number of aromatic nitrogens is 6. The smallest absolute Gasteiger partial charge is 0.325 e. The number of nitrogens with zero attached hydrogens (tertiary/aromatic N) is 11. The van der Waals surface area contributed by atoms with Crippen LogP contribution < -0.4 is 16.0 Å². The maximum atomic E-state index is 12.9. The van der Waals surface area contributed by atoms with Gasteiger partial charge in [-0.25, -0.2) is 25.6 Å². The van der Waals surface area contributed by atoms with Gasteiger partial charge in [-0.2, -0.15) is 15.3 Å². The molecule has 3 aromatic heterocycles. The van der Waals surface area contributed by atoms with Crippen molar-refractivity contribution in [2.24, 2.45) is 0 Å². The van der Waals surface area contributed by atoms with E-state index in [-0.39, 0.29) is 76.0 Å². The monoisotopic (exact) mass is 1070 g/mol. The lowest BCUT2D eigenvalue weighted by Crippen LogP contribution is -2.46. The maximum Gasteiger partial charge on any atom is 0.325 e. The van der Waals surface area contributed by atoms with Crippen molar-refractivity contribution in [3.8, 4) is 0 Å². The van der Waals surface area contributed by atoms with Gasteiger partial charge in [-0.15, -0.1) is 15.3 Å². The number of aliphatic hydroxyl groups excluding tert-OH is 3. The summed E-state index contributed by atoms with van der Waals surface area (Å²) in [5.41, 5.74) is 4.76. The maximum absolute atomic E-state index is 12.9. The molecule has 6 N–H and O–H groups in total. The number of anilines is 3. The predicted octanol–water partition coefficient (Wildman–Crippen LogP) is 3.42. The third-order valence-electron chi connectivity index (χ3n) is 12.7. The first-order valence-corrected chi connectivity index (χ1v) is 25.5. The van der Waals surface area contributed by atoms with Gasteiger partial charge >= 0.3 is 18.1 Å². The molecule has 3 saturated heterocycles. The number of fused-ring (bicyclic) bond motifs is 3. The molecule has 0 aliphatic carbocycles. The average molecular weight is 1080 g/mol. The zero-order valence-corrected chi connectivity index (χ0v) is 43.7. The minimum absolute atomic E-state index is 0.0377. The first-order chi connectivity index (χ1) is 37.6. The lowest BCUT2D eigenvalue weighted by Gasteiger charge is -2.37. The number of aryl methyl sites for hydroxylation is 3. The van der Waals surface area contributed by atoms with Crippen LogP contribution in [0.4, 0.5) is 31.8 Å². The summed E-state index contributed by atoms with van der Waals surface area (Å²) < 4.78 is 71.0. The van der Waals surface area contributed by atoms with Crippen LogP contribution in [0.5, 0.6) is 0 Å². The second-order valence-electron chi connectivity index (χ2n) is 19.0. The number of hydrogen-bond acceptors (Lipinski definition) is 20. The highest BCUT2D eigenvalue weighted by atomic mass is 31.2. The van der Waals surface area contributed by atoms with Crippen molar-refractivity contribution in [3.63, 3.8) is 0 Å². The Morgan fingerprint density at radius 1 is 0.733 bits per heavy atom.